The Morgan fingerprint density at radius 2 is 1.74 bits per heavy atom. The van der Waals surface area contributed by atoms with Crippen molar-refractivity contribution < 1.29 is 38.4 Å². The number of esters is 1. The highest BCUT2D eigenvalue weighted by Crippen LogP contribution is 2.23. The maximum absolute atomic E-state index is 11.9. The Balaban J connectivity index is 2.72. The molecule has 124 valence electrons. The first kappa shape index (κ1) is 18.6. The Kier molecular flexibility index (Phi) is 6.68. The van der Waals surface area contributed by atoms with E-state index in [1.165, 1.54) is 13.0 Å². The van der Waals surface area contributed by atoms with Gasteiger partial charge in [0, 0.05) is 10.9 Å². The summed E-state index contributed by atoms with van der Waals surface area (Å²) in [7, 11) is -2.80. The molecular formula is C14H15O8P. The molecule has 0 aliphatic carbocycles. The molecule has 0 heterocycles. The lowest BCUT2D eigenvalue weighted by atomic mass is 10.1. The highest BCUT2D eigenvalue weighted by atomic mass is 31.1. The topological polar surface area (TPSA) is 127 Å². The molecule has 0 aliphatic rings. The highest BCUT2D eigenvalue weighted by molar-refractivity contribution is 7.48. The van der Waals surface area contributed by atoms with Gasteiger partial charge in [0.1, 0.15) is 6.61 Å². The van der Waals surface area contributed by atoms with Crippen molar-refractivity contribution in [2.45, 2.75) is 6.92 Å². The van der Waals surface area contributed by atoms with Crippen molar-refractivity contribution in [3.63, 3.8) is 0 Å². The van der Waals surface area contributed by atoms with Crippen molar-refractivity contribution >= 4 is 31.2 Å². The lowest BCUT2D eigenvalue weighted by Gasteiger charge is -2.08. The van der Waals surface area contributed by atoms with E-state index in [1.807, 2.05) is 0 Å². The molecule has 0 aliphatic heterocycles. The normalized spacial score (nSPS) is 11.5. The molecule has 23 heavy (non-hydrogen) atoms. The molecule has 0 aromatic heterocycles. The van der Waals surface area contributed by atoms with Gasteiger partial charge in [-0.15, -0.1) is 0 Å². The molecule has 2 N–H and O–H groups in total. The lowest BCUT2D eigenvalue weighted by Crippen LogP contribution is -2.13. The van der Waals surface area contributed by atoms with Crippen LogP contribution in [-0.4, -0.2) is 41.3 Å². The predicted molar refractivity (Wildman–Crippen MR) is 80.7 cm³/mol. The number of carbonyl (C=O) groups excluding carboxylic acids is 1. The summed E-state index contributed by atoms with van der Waals surface area (Å²) in [6.45, 7) is 4.58. The second kappa shape index (κ2) is 8.26. The van der Waals surface area contributed by atoms with Crippen LogP contribution in [0.5, 0.6) is 0 Å². The summed E-state index contributed by atoms with van der Waals surface area (Å²) in [5, 5.41) is 17.9. The predicted octanol–water partition coefficient (Wildman–Crippen LogP) is 1.32. The summed E-state index contributed by atoms with van der Waals surface area (Å²) in [5.74, 6) is -3.46. The van der Waals surface area contributed by atoms with Gasteiger partial charge in [-0.1, -0.05) is 6.58 Å². The van der Waals surface area contributed by atoms with Crippen molar-refractivity contribution in [2.24, 2.45) is 0 Å². The van der Waals surface area contributed by atoms with Crippen LogP contribution in [0.4, 0.5) is 0 Å². The third-order valence-corrected chi connectivity index (χ3v) is 3.86. The third kappa shape index (κ3) is 5.36. The minimum absolute atomic E-state index is 0.0589. The average molecular weight is 342 g/mol. The van der Waals surface area contributed by atoms with Crippen molar-refractivity contribution in [1.29, 1.82) is 0 Å². The highest BCUT2D eigenvalue weighted by Gasteiger charge is 2.18. The van der Waals surface area contributed by atoms with Crippen LogP contribution in [0.25, 0.3) is 0 Å². The first-order chi connectivity index (χ1) is 10.7. The fourth-order valence-electron chi connectivity index (χ4n) is 1.51. The first-order valence-corrected chi connectivity index (χ1v) is 7.66. The van der Waals surface area contributed by atoms with Gasteiger partial charge in [0.2, 0.25) is 8.03 Å². The molecule has 9 heteroatoms. The van der Waals surface area contributed by atoms with E-state index in [4.69, 9.17) is 19.5 Å². The van der Waals surface area contributed by atoms with Gasteiger partial charge in [-0.05, 0) is 25.1 Å². The van der Waals surface area contributed by atoms with Crippen LogP contribution in [0, 0.1) is 0 Å². The van der Waals surface area contributed by atoms with Crippen LogP contribution in [0.1, 0.15) is 27.6 Å². The fourth-order valence-corrected chi connectivity index (χ4v) is 2.43. The smallest absolute Gasteiger partial charge is 0.336 e. The monoisotopic (exact) mass is 342 g/mol. The summed E-state index contributed by atoms with van der Waals surface area (Å²) in [4.78, 5) is 33.1. The number of aromatic carboxylic acids is 2. The number of hydrogen-bond acceptors (Lipinski definition) is 6. The molecule has 1 aromatic rings. The largest absolute Gasteiger partial charge is 0.478 e. The van der Waals surface area contributed by atoms with Crippen LogP contribution in [0.15, 0.2) is 30.4 Å². The molecule has 8 nitrogen and oxygen atoms in total. The number of carboxylic acid groups (broad SMARTS) is 2. The van der Waals surface area contributed by atoms with Gasteiger partial charge in [0.15, 0.2) is 0 Å². The molecule has 0 radical (unpaired) electrons. The van der Waals surface area contributed by atoms with Crippen molar-refractivity contribution in [2.75, 3.05) is 13.2 Å². The number of ether oxygens (including phenoxy) is 1. The Morgan fingerprint density at radius 1 is 1.13 bits per heavy atom. The van der Waals surface area contributed by atoms with Gasteiger partial charge in [-0.25, -0.2) is 14.4 Å². The average Bonchev–Trinajstić information content (AvgIpc) is 2.50. The van der Waals surface area contributed by atoms with Crippen LogP contribution < -0.4 is 5.30 Å². The molecule has 1 aromatic carbocycles. The zero-order valence-electron chi connectivity index (χ0n) is 12.2. The Bertz CT molecular complexity index is 679. The van der Waals surface area contributed by atoms with Crippen LogP contribution in [0.2, 0.25) is 0 Å². The molecule has 0 saturated carbocycles. The molecule has 0 bridgehead atoms. The summed E-state index contributed by atoms with van der Waals surface area (Å²) >= 11 is 0. The molecule has 0 amide bonds. The molecule has 1 unspecified atom stereocenters. The zero-order chi connectivity index (χ0) is 17.6. The Morgan fingerprint density at radius 3 is 2.26 bits per heavy atom. The second-order valence-corrected chi connectivity index (χ2v) is 5.86. The van der Waals surface area contributed by atoms with E-state index >= 15 is 0 Å². The fraction of sp³-hybridized carbons (Fsp3) is 0.214. The van der Waals surface area contributed by atoms with E-state index in [1.54, 1.807) is 0 Å². The van der Waals surface area contributed by atoms with E-state index in [9.17, 15) is 18.9 Å². The van der Waals surface area contributed by atoms with Gasteiger partial charge >= 0.3 is 17.9 Å². The summed E-state index contributed by atoms with van der Waals surface area (Å²) < 4.78 is 21.7. The van der Waals surface area contributed by atoms with Gasteiger partial charge in [0.25, 0.3) is 0 Å². The van der Waals surface area contributed by atoms with E-state index in [0.29, 0.717) is 0 Å². The van der Waals surface area contributed by atoms with Crippen molar-refractivity contribution in [3.8, 4) is 0 Å². The Labute approximate surface area is 132 Å². The molecule has 1 rings (SSSR count). The second-order valence-electron chi connectivity index (χ2n) is 4.42. The zero-order valence-corrected chi connectivity index (χ0v) is 13.2. The first-order valence-electron chi connectivity index (χ1n) is 6.34. The summed E-state index contributed by atoms with van der Waals surface area (Å²) in [6, 6.07) is 3.26. The summed E-state index contributed by atoms with van der Waals surface area (Å²) in [6.07, 6.45) is 0. The molecule has 1 atom stereocenters. The number of carbonyl (C=O) groups is 3. The van der Waals surface area contributed by atoms with Crippen LogP contribution in [0.3, 0.4) is 0 Å². The van der Waals surface area contributed by atoms with E-state index < -0.39 is 37.1 Å². The number of benzene rings is 1. The standard InChI is InChI=1S/C14H15O8P/c1-8(2)14(19)21-5-6-22-23(20)9-3-4-10(12(15)16)11(7-9)13(17)18/h3-4,7,23H,1,5-6H2,2H3,(H,15,16)(H,17,18). The maximum Gasteiger partial charge on any atom is 0.336 e. The molecular weight excluding hydrogens is 327 g/mol. The van der Waals surface area contributed by atoms with E-state index in [2.05, 4.69) is 6.58 Å². The number of carboxylic acids is 2. The van der Waals surface area contributed by atoms with Crippen LogP contribution >= 0.6 is 8.03 Å². The van der Waals surface area contributed by atoms with Gasteiger partial charge in [-0.3, -0.25) is 4.57 Å². The third-order valence-electron chi connectivity index (χ3n) is 2.61. The van der Waals surface area contributed by atoms with Gasteiger partial charge in [0.05, 0.1) is 17.7 Å². The van der Waals surface area contributed by atoms with Gasteiger partial charge < -0.3 is 19.5 Å². The Hall–Kier alpha value is -2.44. The van der Waals surface area contributed by atoms with Crippen molar-refractivity contribution in [3.05, 3.63) is 41.5 Å². The van der Waals surface area contributed by atoms with Crippen molar-refractivity contribution in [1.82, 2.24) is 0 Å². The lowest BCUT2D eigenvalue weighted by molar-refractivity contribution is -0.139. The quantitative estimate of drug-likeness (QED) is 0.313. The van der Waals surface area contributed by atoms with E-state index in [0.717, 1.165) is 12.1 Å². The maximum atomic E-state index is 11.9. The van der Waals surface area contributed by atoms with Gasteiger partial charge in [-0.2, -0.15) is 0 Å². The molecule has 0 spiro atoms. The van der Waals surface area contributed by atoms with E-state index in [-0.39, 0.29) is 24.1 Å². The SMILES string of the molecule is C=C(C)C(=O)OCCO[PH](=O)c1ccc(C(=O)O)c(C(=O)O)c1. The summed E-state index contributed by atoms with van der Waals surface area (Å²) in [5.41, 5.74) is -0.676. The number of rotatable bonds is 8. The molecule has 0 fully saturated rings. The van der Waals surface area contributed by atoms with Crippen LogP contribution in [-0.2, 0) is 18.6 Å². The molecule has 0 saturated heterocycles. The number of hydrogen-bond donors (Lipinski definition) is 2. The minimum atomic E-state index is -2.80. The minimum Gasteiger partial charge on any atom is -0.478 e.